The molecule has 0 saturated carbocycles. The SMILES string of the molecule is COc1ccc(N2C(=O)C(=O)/C(=C(\O)c3ccccc3)C2c2sccc2C)cc1. The lowest BCUT2D eigenvalue weighted by atomic mass is 9.98. The molecule has 1 N–H and O–H groups in total. The Morgan fingerprint density at radius 1 is 1.03 bits per heavy atom. The van der Waals surface area contributed by atoms with E-state index < -0.39 is 17.7 Å². The molecule has 1 aliphatic heterocycles. The third kappa shape index (κ3) is 3.21. The minimum atomic E-state index is -0.694. The fraction of sp³-hybridized carbons (Fsp3) is 0.130. The Kier molecular flexibility index (Phi) is 4.94. The van der Waals surface area contributed by atoms with Crippen LogP contribution in [0.3, 0.4) is 0 Å². The summed E-state index contributed by atoms with van der Waals surface area (Å²) in [5.41, 5.74) is 2.12. The molecular formula is C23H19NO4S. The summed E-state index contributed by atoms with van der Waals surface area (Å²) in [6.45, 7) is 1.93. The van der Waals surface area contributed by atoms with E-state index in [0.29, 0.717) is 17.0 Å². The van der Waals surface area contributed by atoms with Gasteiger partial charge in [0.25, 0.3) is 11.7 Å². The lowest BCUT2D eigenvalue weighted by molar-refractivity contribution is -0.132. The average Bonchev–Trinajstić information content (AvgIpc) is 3.29. The normalized spacial score (nSPS) is 18.3. The molecule has 1 fully saturated rings. The number of rotatable bonds is 4. The number of methoxy groups -OCH3 is 1. The Labute approximate surface area is 172 Å². The van der Waals surface area contributed by atoms with Gasteiger partial charge < -0.3 is 9.84 Å². The number of aliphatic hydroxyl groups excluding tert-OH is 1. The number of amides is 1. The second-order valence-electron chi connectivity index (χ2n) is 6.70. The third-order valence-corrected chi connectivity index (χ3v) is 6.06. The number of carbonyl (C=O) groups is 2. The smallest absolute Gasteiger partial charge is 0.300 e. The number of hydrogen-bond acceptors (Lipinski definition) is 5. The number of thiophene rings is 1. The molecule has 1 aromatic heterocycles. The highest BCUT2D eigenvalue weighted by atomic mass is 32.1. The van der Waals surface area contributed by atoms with Crippen LogP contribution in [0.15, 0.2) is 71.6 Å². The summed E-state index contributed by atoms with van der Waals surface area (Å²) in [4.78, 5) is 28.3. The first-order chi connectivity index (χ1) is 14.0. The predicted molar refractivity (Wildman–Crippen MR) is 113 cm³/mol. The van der Waals surface area contributed by atoms with Gasteiger partial charge in [-0.1, -0.05) is 30.3 Å². The van der Waals surface area contributed by atoms with Crippen LogP contribution in [0.1, 0.15) is 22.0 Å². The molecule has 1 aliphatic rings. The van der Waals surface area contributed by atoms with Crippen LogP contribution in [0.2, 0.25) is 0 Å². The highest BCUT2D eigenvalue weighted by Gasteiger charge is 2.47. The number of aryl methyl sites for hydroxylation is 1. The van der Waals surface area contributed by atoms with Gasteiger partial charge in [-0.25, -0.2) is 0 Å². The van der Waals surface area contributed by atoms with E-state index in [2.05, 4.69) is 0 Å². The molecule has 4 rings (SSSR count). The van der Waals surface area contributed by atoms with Crippen LogP contribution in [0.25, 0.3) is 5.76 Å². The van der Waals surface area contributed by atoms with E-state index in [1.807, 2.05) is 24.4 Å². The highest BCUT2D eigenvalue weighted by Crippen LogP contribution is 2.44. The van der Waals surface area contributed by atoms with Crippen LogP contribution in [0, 0.1) is 6.92 Å². The van der Waals surface area contributed by atoms with Crippen molar-refractivity contribution < 1.29 is 19.4 Å². The van der Waals surface area contributed by atoms with E-state index in [0.717, 1.165) is 10.4 Å². The maximum Gasteiger partial charge on any atom is 0.300 e. The number of ether oxygens (including phenoxy) is 1. The number of anilines is 1. The number of Topliss-reactive ketones (excluding diaryl/α,β-unsaturated/α-hetero) is 1. The summed E-state index contributed by atoms with van der Waals surface area (Å²) < 4.78 is 5.20. The summed E-state index contributed by atoms with van der Waals surface area (Å²) in [5.74, 6) is -0.873. The molecule has 2 aromatic carbocycles. The van der Waals surface area contributed by atoms with Crippen molar-refractivity contribution in [1.82, 2.24) is 0 Å². The van der Waals surface area contributed by atoms with Gasteiger partial charge >= 0.3 is 0 Å². The maximum atomic E-state index is 13.0. The predicted octanol–water partition coefficient (Wildman–Crippen LogP) is 4.69. The molecule has 3 aromatic rings. The van der Waals surface area contributed by atoms with Gasteiger partial charge in [0.05, 0.1) is 12.7 Å². The largest absolute Gasteiger partial charge is 0.507 e. The molecule has 1 atom stereocenters. The quantitative estimate of drug-likeness (QED) is 0.388. The number of ketones is 1. The van der Waals surface area contributed by atoms with Crippen molar-refractivity contribution in [3.63, 3.8) is 0 Å². The van der Waals surface area contributed by atoms with E-state index >= 15 is 0 Å². The van der Waals surface area contributed by atoms with Gasteiger partial charge in [0.1, 0.15) is 17.6 Å². The van der Waals surface area contributed by atoms with Gasteiger partial charge in [-0.15, -0.1) is 11.3 Å². The highest BCUT2D eigenvalue weighted by molar-refractivity contribution is 7.10. The van der Waals surface area contributed by atoms with Gasteiger partial charge in [0, 0.05) is 16.1 Å². The molecule has 2 heterocycles. The average molecular weight is 405 g/mol. The lowest BCUT2D eigenvalue weighted by Crippen LogP contribution is -2.29. The van der Waals surface area contributed by atoms with Crippen molar-refractivity contribution in [2.24, 2.45) is 0 Å². The first-order valence-corrected chi connectivity index (χ1v) is 9.95. The van der Waals surface area contributed by atoms with Crippen molar-refractivity contribution in [2.75, 3.05) is 12.0 Å². The second-order valence-corrected chi connectivity index (χ2v) is 7.65. The van der Waals surface area contributed by atoms with Crippen LogP contribution in [0.5, 0.6) is 5.75 Å². The molecule has 1 amide bonds. The standard InChI is InChI=1S/C23H19NO4S/c1-14-12-13-29-22(14)19-18(20(25)15-6-4-3-5-7-15)21(26)23(27)24(19)16-8-10-17(28-2)11-9-16/h3-13,19,25H,1-2H3/b20-18-. The molecular weight excluding hydrogens is 386 g/mol. The van der Waals surface area contributed by atoms with E-state index in [4.69, 9.17) is 4.74 Å². The number of nitrogens with zero attached hydrogens (tertiary/aromatic N) is 1. The van der Waals surface area contributed by atoms with E-state index in [1.54, 1.807) is 55.6 Å². The van der Waals surface area contributed by atoms with Crippen LogP contribution in [-0.2, 0) is 9.59 Å². The Bertz CT molecular complexity index is 1100. The lowest BCUT2D eigenvalue weighted by Gasteiger charge is -2.25. The Balaban J connectivity index is 1.92. The summed E-state index contributed by atoms with van der Waals surface area (Å²) in [6.07, 6.45) is 0. The van der Waals surface area contributed by atoms with Crippen LogP contribution in [0.4, 0.5) is 5.69 Å². The molecule has 0 spiro atoms. The van der Waals surface area contributed by atoms with Crippen molar-refractivity contribution in [3.8, 4) is 5.75 Å². The zero-order chi connectivity index (χ0) is 20.5. The minimum Gasteiger partial charge on any atom is -0.507 e. The number of carbonyl (C=O) groups excluding carboxylic acids is 2. The van der Waals surface area contributed by atoms with E-state index in [9.17, 15) is 14.7 Å². The van der Waals surface area contributed by atoms with Crippen LogP contribution in [-0.4, -0.2) is 23.9 Å². The molecule has 6 heteroatoms. The van der Waals surface area contributed by atoms with E-state index in [-0.39, 0.29) is 11.3 Å². The molecule has 0 aliphatic carbocycles. The first-order valence-electron chi connectivity index (χ1n) is 9.07. The van der Waals surface area contributed by atoms with Gasteiger partial charge in [-0.3, -0.25) is 14.5 Å². The van der Waals surface area contributed by atoms with Crippen molar-refractivity contribution in [2.45, 2.75) is 13.0 Å². The van der Waals surface area contributed by atoms with Gasteiger partial charge in [-0.2, -0.15) is 0 Å². The number of hydrogen-bond donors (Lipinski definition) is 1. The van der Waals surface area contributed by atoms with E-state index in [1.165, 1.54) is 16.2 Å². The molecule has 0 bridgehead atoms. The zero-order valence-corrected chi connectivity index (χ0v) is 16.8. The van der Waals surface area contributed by atoms with Crippen molar-refractivity contribution in [1.29, 1.82) is 0 Å². The topological polar surface area (TPSA) is 66.8 Å². The molecule has 146 valence electrons. The van der Waals surface area contributed by atoms with Gasteiger partial charge in [0.15, 0.2) is 0 Å². The van der Waals surface area contributed by atoms with Crippen LogP contribution < -0.4 is 9.64 Å². The molecule has 0 radical (unpaired) electrons. The fourth-order valence-corrected chi connectivity index (χ4v) is 4.53. The number of benzene rings is 2. The molecule has 5 nitrogen and oxygen atoms in total. The minimum absolute atomic E-state index is 0.0996. The summed E-state index contributed by atoms with van der Waals surface area (Å²) in [5, 5.41) is 12.9. The first kappa shape index (κ1) is 19.0. The Morgan fingerprint density at radius 2 is 1.72 bits per heavy atom. The van der Waals surface area contributed by atoms with Crippen molar-refractivity contribution >= 4 is 34.5 Å². The molecule has 29 heavy (non-hydrogen) atoms. The Morgan fingerprint density at radius 3 is 2.31 bits per heavy atom. The van der Waals surface area contributed by atoms with Gasteiger partial charge in [-0.05, 0) is 48.2 Å². The van der Waals surface area contributed by atoms with Crippen LogP contribution >= 0.6 is 11.3 Å². The number of aliphatic hydroxyl groups is 1. The summed E-state index contributed by atoms with van der Waals surface area (Å²) in [7, 11) is 1.57. The maximum absolute atomic E-state index is 13.0. The second kappa shape index (κ2) is 7.56. The zero-order valence-electron chi connectivity index (χ0n) is 16.0. The monoisotopic (exact) mass is 405 g/mol. The molecule has 1 unspecified atom stereocenters. The summed E-state index contributed by atoms with van der Waals surface area (Å²) >= 11 is 1.46. The van der Waals surface area contributed by atoms with Crippen molar-refractivity contribution in [3.05, 3.63) is 87.6 Å². The third-order valence-electron chi connectivity index (χ3n) is 4.99. The van der Waals surface area contributed by atoms with Gasteiger partial charge in [0.2, 0.25) is 0 Å². The Hall–Kier alpha value is -3.38. The fourth-order valence-electron chi connectivity index (χ4n) is 3.51. The summed E-state index contributed by atoms with van der Waals surface area (Å²) in [6, 6.07) is 17.0. The molecule has 1 saturated heterocycles.